The number of aromatic nitrogens is 2. The van der Waals surface area contributed by atoms with Crippen molar-refractivity contribution >= 4 is 23.1 Å². The lowest BCUT2D eigenvalue weighted by atomic mass is 9.87. The maximum atomic E-state index is 15.9. The number of para-hydroxylation sites is 1. The van der Waals surface area contributed by atoms with Gasteiger partial charge in [0.2, 0.25) is 5.82 Å². The van der Waals surface area contributed by atoms with Crippen LogP contribution < -0.4 is 15.9 Å². The normalized spacial score (nSPS) is 14.1. The van der Waals surface area contributed by atoms with Gasteiger partial charge in [0.25, 0.3) is 11.5 Å². The van der Waals surface area contributed by atoms with Gasteiger partial charge in [0.05, 0.1) is 30.3 Å². The van der Waals surface area contributed by atoms with Crippen LogP contribution in [0, 0.1) is 5.82 Å². The van der Waals surface area contributed by atoms with Crippen LogP contribution in [0.3, 0.4) is 0 Å². The molecule has 1 amide bonds. The van der Waals surface area contributed by atoms with E-state index in [1.165, 1.54) is 16.8 Å². The molecule has 1 fully saturated rings. The van der Waals surface area contributed by atoms with E-state index in [-0.39, 0.29) is 33.7 Å². The molecule has 8 nitrogen and oxygen atoms in total. The average Bonchev–Trinajstić information content (AvgIpc) is 2.97. The Hall–Kier alpha value is -4.34. The summed E-state index contributed by atoms with van der Waals surface area (Å²) in [6.07, 6.45) is 1.50. The summed E-state index contributed by atoms with van der Waals surface area (Å²) in [5.74, 6) is -0.911. The number of ether oxygens (including phenoxy) is 1. The SMILES string of the molecule is Cn1cc(-c2cccc(NC(=O)c3ccc(C(C)(C)C)cc3)c2F)nc(N(c2ccccc2)N2CCOCC2)c1=O. The van der Waals surface area contributed by atoms with Crippen LogP contribution in [0.1, 0.15) is 36.7 Å². The third kappa shape index (κ3) is 6.06. The van der Waals surface area contributed by atoms with Crippen LogP contribution in [0.25, 0.3) is 11.3 Å². The molecule has 41 heavy (non-hydrogen) atoms. The fourth-order valence-electron chi connectivity index (χ4n) is 4.74. The first kappa shape index (κ1) is 28.2. The molecule has 1 N–H and O–H groups in total. The smallest absolute Gasteiger partial charge is 0.295 e. The summed E-state index contributed by atoms with van der Waals surface area (Å²) in [4.78, 5) is 31.1. The van der Waals surface area contributed by atoms with Gasteiger partial charge in [-0.1, -0.05) is 57.2 Å². The van der Waals surface area contributed by atoms with Crippen LogP contribution >= 0.6 is 0 Å². The second-order valence-electron chi connectivity index (χ2n) is 11.0. The quantitative estimate of drug-likeness (QED) is 0.338. The van der Waals surface area contributed by atoms with E-state index in [1.807, 2.05) is 47.5 Å². The summed E-state index contributed by atoms with van der Waals surface area (Å²) in [6.45, 7) is 8.45. The number of nitrogens with zero attached hydrogens (tertiary/aromatic N) is 4. The first-order chi connectivity index (χ1) is 19.6. The summed E-state index contributed by atoms with van der Waals surface area (Å²) >= 11 is 0. The number of aryl methyl sites for hydroxylation is 1. The molecule has 3 aromatic carbocycles. The van der Waals surface area contributed by atoms with Crippen LogP contribution in [0.5, 0.6) is 0 Å². The van der Waals surface area contributed by atoms with Crippen LogP contribution in [0.4, 0.5) is 21.6 Å². The van der Waals surface area contributed by atoms with Gasteiger partial charge < -0.3 is 14.6 Å². The zero-order valence-electron chi connectivity index (χ0n) is 23.7. The number of hydrazine groups is 1. The van der Waals surface area contributed by atoms with Gasteiger partial charge in [-0.15, -0.1) is 0 Å². The summed E-state index contributed by atoms with van der Waals surface area (Å²) in [6, 6.07) is 21.5. The molecular weight excluding hydrogens is 521 g/mol. The zero-order chi connectivity index (χ0) is 29.1. The van der Waals surface area contributed by atoms with Crippen molar-refractivity contribution in [2.45, 2.75) is 26.2 Å². The van der Waals surface area contributed by atoms with Crippen molar-refractivity contribution in [1.29, 1.82) is 0 Å². The monoisotopic (exact) mass is 555 g/mol. The van der Waals surface area contributed by atoms with E-state index in [0.29, 0.717) is 31.9 Å². The molecular formula is C32H34FN5O3. The Balaban J connectivity index is 1.50. The number of carbonyl (C=O) groups excluding carboxylic acids is 1. The third-order valence-electron chi connectivity index (χ3n) is 7.06. The molecule has 1 aliphatic heterocycles. The van der Waals surface area contributed by atoms with Crippen molar-refractivity contribution in [3.05, 3.63) is 106 Å². The number of benzene rings is 3. The number of amides is 1. The second-order valence-corrected chi connectivity index (χ2v) is 11.0. The molecule has 4 aromatic rings. The largest absolute Gasteiger partial charge is 0.379 e. The molecule has 212 valence electrons. The third-order valence-corrected chi connectivity index (χ3v) is 7.06. The highest BCUT2D eigenvalue weighted by Crippen LogP contribution is 2.30. The van der Waals surface area contributed by atoms with Gasteiger partial charge in [-0.25, -0.2) is 14.4 Å². The Bertz CT molecular complexity index is 1590. The molecule has 1 aromatic heterocycles. The van der Waals surface area contributed by atoms with Crippen LogP contribution in [-0.4, -0.2) is 46.8 Å². The van der Waals surface area contributed by atoms with E-state index < -0.39 is 11.7 Å². The maximum Gasteiger partial charge on any atom is 0.295 e. The molecule has 0 aliphatic carbocycles. The van der Waals surface area contributed by atoms with Crippen molar-refractivity contribution in [3.8, 4) is 11.3 Å². The van der Waals surface area contributed by atoms with Crippen molar-refractivity contribution in [1.82, 2.24) is 14.6 Å². The first-order valence-electron chi connectivity index (χ1n) is 13.6. The Morgan fingerprint density at radius 2 is 1.66 bits per heavy atom. The number of carbonyl (C=O) groups is 1. The Labute approximate surface area is 239 Å². The number of halogens is 1. The topological polar surface area (TPSA) is 79.7 Å². The van der Waals surface area contributed by atoms with E-state index in [9.17, 15) is 9.59 Å². The molecule has 0 saturated carbocycles. The fourth-order valence-corrected chi connectivity index (χ4v) is 4.74. The van der Waals surface area contributed by atoms with Crippen LogP contribution in [0.15, 0.2) is 83.8 Å². The Kier molecular flexibility index (Phi) is 8.01. The highest BCUT2D eigenvalue weighted by molar-refractivity contribution is 6.04. The van der Waals surface area contributed by atoms with Crippen LogP contribution in [-0.2, 0) is 17.2 Å². The predicted octanol–water partition coefficient (Wildman–Crippen LogP) is 5.52. The average molecular weight is 556 g/mol. The van der Waals surface area contributed by atoms with Crippen molar-refractivity contribution in [2.75, 3.05) is 36.6 Å². The number of morpholine rings is 1. The minimum atomic E-state index is -0.637. The number of anilines is 3. The van der Waals surface area contributed by atoms with Gasteiger partial charge in [0.15, 0.2) is 5.82 Å². The van der Waals surface area contributed by atoms with E-state index >= 15 is 4.39 Å². The Morgan fingerprint density at radius 1 is 0.976 bits per heavy atom. The fraction of sp³-hybridized carbons (Fsp3) is 0.281. The van der Waals surface area contributed by atoms with Gasteiger partial charge in [0.1, 0.15) is 0 Å². The second kappa shape index (κ2) is 11.6. The van der Waals surface area contributed by atoms with Crippen molar-refractivity contribution in [2.24, 2.45) is 7.05 Å². The molecule has 5 rings (SSSR count). The van der Waals surface area contributed by atoms with Crippen LogP contribution in [0.2, 0.25) is 0 Å². The standard InChI is InChI=1S/C32H34FN5O3/c1-32(2,3)23-15-13-22(14-16-23)30(39)35-26-12-8-11-25(28(26)33)27-21-36(4)31(40)29(34-27)38(24-9-6-5-7-10-24)37-17-19-41-20-18-37/h5-16,21H,17-20H2,1-4H3,(H,35,39). The predicted molar refractivity (Wildman–Crippen MR) is 159 cm³/mol. The Morgan fingerprint density at radius 3 is 2.32 bits per heavy atom. The number of hydrogen-bond donors (Lipinski definition) is 1. The zero-order valence-corrected chi connectivity index (χ0v) is 23.7. The molecule has 0 radical (unpaired) electrons. The van der Waals surface area contributed by atoms with E-state index in [0.717, 1.165) is 11.3 Å². The van der Waals surface area contributed by atoms with E-state index in [1.54, 1.807) is 36.3 Å². The molecule has 1 saturated heterocycles. The number of nitrogens with one attached hydrogen (secondary N) is 1. The van der Waals surface area contributed by atoms with E-state index in [4.69, 9.17) is 4.74 Å². The lowest BCUT2D eigenvalue weighted by Crippen LogP contribution is -2.49. The minimum absolute atomic E-state index is 0.0256. The summed E-state index contributed by atoms with van der Waals surface area (Å²) in [5.41, 5.74) is 2.36. The molecule has 0 atom stereocenters. The molecule has 0 spiro atoms. The van der Waals surface area contributed by atoms with Crippen molar-refractivity contribution < 1.29 is 13.9 Å². The van der Waals surface area contributed by atoms with Gasteiger partial charge in [-0.05, 0) is 47.4 Å². The van der Waals surface area contributed by atoms with Gasteiger partial charge >= 0.3 is 0 Å². The minimum Gasteiger partial charge on any atom is -0.379 e. The lowest BCUT2D eigenvalue weighted by Gasteiger charge is -2.37. The summed E-state index contributed by atoms with van der Waals surface area (Å²) in [5, 5.41) is 6.47. The first-order valence-corrected chi connectivity index (χ1v) is 13.6. The number of hydrogen-bond acceptors (Lipinski definition) is 6. The lowest BCUT2D eigenvalue weighted by molar-refractivity contribution is 0.0373. The number of rotatable bonds is 6. The molecule has 0 unspecified atom stereocenters. The maximum absolute atomic E-state index is 15.9. The molecule has 1 aliphatic rings. The highest BCUT2D eigenvalue weighted by Gasteiger charge is 2.26. The van der Waals surface area contributed by atoms with Gasteiger partial charge in [-0.3, -0.25) is 14.6 Å². The van der Waals surface area contributed by atoms with Gasteiger partial charge in [0, 0.05) is 37.5 Å². The van der Waals surface area contributed by atoms with Crippen molar-refractivity contribution in [3.63, 3.8) is 0 Å². The van der Waals surface area contributed by atoms with E-state index in [2.05, 4.69) is 31.1 Å². The molecule has 2 heterocycles. The molecule has 9 heteroatoms. The summed E-state index contributed by atoms with van der Waals surface area (Å²) in [7, 11) is 1.62. The van der Waals surface area contributed by atoms with Gasteiger partial charge in [-0.2, -0.15) is 0 Å². The highest BCUT2D eigenvalue weighted by atomic mass is 19.1. The summed E-state index contributed by atoms with van der Waals surface area (Å²) < 4.78 is 22.8. The molecule has 0 bridgehead atoms.